The number of benzene rings is 2. The van der Waals surface area contributed by atoms with Crippen molar-refractivity contribution in [3.05, 3.63) is 98.5 Å². The number of nitrogens with one attached hydrogen (secondary N) is 1. The molecule has 1 aromatic heterocycles. The smallest absolute Gasteiger partial charge is 0.294 e. The first-order valence-corrected chi connectivity index (χ1v) is 8.37. The Morgan fingerprint density at radius 3 is 2.41 bits per heavy atom. The summed E-state index contributed by atoms with van der Waals surface area (Å²) in [6.07, 6.45) is 5.08. The molecule has 9 heteroatoms. The molecule has 1 unspecified atom stereocenters. The summed E-state index contributed by atoms with van der Waals surface area (Å²) in [5.74, 6) is 0. The Morgan fingerprint density at radius 2 is 1.93 bits per heavy atom. The van der Waals surface area contributed by atoms with Gasteiger partial charge in [0.15, 0.2) is 0 Å². The van der Waals surface area contributed by atoms with Crippen LogP contribution in [-0.2, 0) is 10.3 Å². The van der Waals surface area contributed by atoms with Crippen molar-refractivity contribution in [3.8, 4) is 6.07 Å². The fraction of sp³-hybridized carbons (Fsp3) is 0.111. The fourth-order valence-electron chi connectivity index (χ4n) is 2.38. The highest BCUT2D eigenvalue weighted by Gasteiger charge is 2.38. The summed E-state index contributed by atoms with van der Waals surface area (Å²) in [6.45, 7) is -0.470. The van der Waals surface area contributed by atoms with Gasteiger partial charge in [-0.25, -0.2) is 4.98 Å². The van der Waals surface area contributed by atoms with Crippen molar-refractivity contribution in [1.82, 2.24) is 9.97 Å². The molecule has 0 saturated heterocycles. The van der Waals surface area contributed by atoms with E-state index >= 15 is 0 Å². The number of nitrogens with zero attached hydrogens (tertiary/aromatic N) is 3. The van der Waals surface area contributed by atoms with E-state index in [0.717, 1.165) is 0 Å². The van der Waals surface area contributed by atoms with Gasteiger partial charge < -0.3 is 9.82 Å². The van der Waals surface area contributed by atoms with Crippen LogP contribution in [0.25, 0.3) is 0 Å². The first-order chi connectivity index (χ1) is 13.0. The summed E-state index contributed by atoms with van der Waals surface area (Å²) in [6, 6.07) is 15.2. The van der Waals surface area contributed by atoms with Gasteiger partial charge in [0, 0.05) is 22.4 Å². The quantitative estimate of drug-likeness (QED) is 0.500. The molecule has 0 aliphatic rings. The molecule has 1 N–H and O–H groups in total. The number of hydrogen-bond donors (Lipinski definition) is 1. The monoisotopic (exact) mass is 404 g/mol. The number of rotatable bonds is 5. The summed E-state index contributed by atoms with van der Waals surface area (Å²) in [5, 5.41) is 20.2. The van der Waals surface area contributed by atoms with Gasteiger partial charge in [-0.2, -0.15) is 5.26 Å². The molecule has 0 spiro atoms. The van der Waals surface area contributed by atoms with Gasteiger partial charge >= 0.3 is 0 Å². The predicted octanol–water partition coefficient (Wildman–Crippen LogP) is 4.42. The van der Waals surface area contributed by atoms with E-state index in [0.29, 0.717) is 21.2 Å². The van der Waals surface area contributed by atoms with E-state index in [9.17, 15) is 15.4 Å². The molecule has 0 bridgehead atoms. The van der Waals surface area contributed by atoms with Gasteiger partial charge in [-0.15, -0.1) is 10.1 Å². The minimum atomic E-state index is -1.41. The van der Waals surface area contributed by atoms with Crippen molar-refractivity contribution in [3.63, 3.8) is 0 Å². The molecular weight excluding hydrogens is 391 g/mol. The van der Waals surface area contributed by atoms with Gasteiger partial charge in [-0.05, 0) is 29.3 Å². The number of aromatic nitrogens is 2. The third-order valence-corrected chi connectivity index (χ3v) is 4.24. The lowest BCUT2D eigenvalue weighted by Crippen LogP contribution is -2.33. The first-order valence-electron chi connectivity index (χ1n) is 7.62. The number of H-pyrrole nitrogens is 1. The van der Waals surface area contributed by atoms with Crippen molar-refractivity contribution in [1.29, 1.82) is 5.26 Å². The molecule has 0 aliphatic carbocycles. The maximum absolute atomic E-state index is 10.6. The highest BCUT2D eigenvalue weighted by molar-refractivity contribution is 6.31. The highest BCUT2D eigenvalue weighted by atomic mass is 35.5. The number of imidazole rings is 1. The summed E-state index contributed by atoms with van der Waals surface area (Å²) < 4.78 is 0. The van der Waals surface area contributed by atoms with E-state index in [4.69, 9.17) is 23.2 Å². The Bertz CT molecular complexity index is 894. The Labute approximate surface area is 165 Å². The van der Waals surface area contributed by atoms with Gasteiger partial charge in [0.1, 0.15) is 12.0 Å². The Hall–Kier alpha value is -3.08. The standard InChI is InChI=1S/C15H10Cl2N2O3.C3H4N2/c16-12-7-5-11(6-8-12)15(9-18,10-22-19(20)21)13-3-1-2-4-14(13)17;1-2-5-3-4-1/h1-8H,10H2;1-3H,(H,4,5). The van der Waals surface area contributed by atoms with E-state index in [1.54, 1.807) is 67.3 Å². The van der Waals surface area contributed by atoms with E-state index in [1.165, 1.54) is 0 Å². The Balaban J connectivity index is 0.000000451. The van der Waals surface area contributed by atoms with Gasteiger partial charge in [0.2, 0.25) is 0 Å². The third kappa shape index (κ3) is 5.20. The molecule has 0 radical (unpaired) electrons. The molecule has 0 fully saturated rings. The van der Waals surface area contributed by atoms with E-state index in [1.807, 2.05) is 0 Å². The molecule has 3 rings (SSSR count). The van der Waals surface area contributed by atoms with Crippen LogP contribution in [0.15, 0.2) is 67.3 Å². The summed E-state index contributed by atoms with van der Waals surface area (Å²) in [5.41, 5.74) is -0.464. The maximum atomic E-state index is 10.6. The molecule has 27 heavy (non-hydrogen) atoms. The second kappa shape index (κ2) is 9.57. The second-order valence-electron chi connectivity index (χ2n) is 5.26. The van der Waals surface area contributed by atoms with Crippen molar-refractivity contribution >= 4 is 23.2 Å². The maximum Gasteiger partial charge on any atom is 0.294 e. The van der Waals surface area contributed by atoms with Crippen LogP contribution in [0.1, 0.15) is 11.1 Å². The molecule has 3 aromatic rings. The summed E-state index contributed by atoms with van der Waals surface area (Å²) >= 11 is 12.0. The van der Waals surface area contributed by atoms with Crippen LogP contribution in [0.3, 0.4) is 0 Å². The lowest BCUT2D eigenvalue weighted by atomic mass is 9.76. The SMILES string of the molecule is N#CC(CO[N+](=O)[O-])(c1ccc(Cl)cc1)c1ccccc1Cl.c1c[nH]cn1. The van der Waals surface area contributed by atoms with Gasteiger partial charge in [-0.1, -0.05) is 53.5 Å². The van der Waals surface area contributed by atoms with Crippen LogP contribution >= 0.6 is 23.2 Å². The van der Waals surface area contributed by atoms with Crippen LogP contribution < -0.4 is 0 Å². The zero-order chi connectivity index (χ0) is 19.7. The van der Waals surface area contributed by atoms with E-state index in [2.05, 4.69) is 20.9 Å². The molecule has 2 aromatic carbocycles. The van der Waals surface area contributed by atoms with Crippen LogP contribution in [0.2, 0.25) is 10.0 Å². The summed E-state index contributed by atoms with van der Waals surface area (Å²) in [7, 11) is 0. The molecule has 1 atom stereocenters. The Morgan fingerprint density at radius 1 is 1.22 bits per heavy atom. The van der Waals surface area contributed by atoms with Gasteiger partial charge in [-0.3, -0.25) is 0 Å². The van der Waals surface area contributed by atoms with E-state index in [-0.39, 0.29) is 0 Å². The number of halogens is 2. The summed E-state index contributed by atoms with van der Waals surface area (Å²) in [4.78, 5) is 21.5. The molecular formula is C18H14Cl2N4O3. The molecule has 138 valence electrons. The number of nitriles is 1. The largest absolute Gasteiger partial charge is 0.351 e. The molecule has 0 saturated carbocycles. The highest BCUT2D eigenvalue weighted by Crippen LogP contribution is 2.37. The number of aromatic amines is 1. The van der Waals surface area contributed by atoms with Crippen LogP contribution in [0.4, 0.5) is 0 Å². The molecule has 0 aliphatic heterocycles. The second-order valence-corrected chi connectivity index (χ2v) is 6.11. The topological polar surface area (TPSA) is 105 Å². The molecule has 7 nitrogen and oxygen atoms in total. The predicted molar refractivity (Wildman–Crippen MR) is 101 cm³/mol. The normalized spacial score (nSPS) is 12.0. The van der Waals surface area contributed by atoms with Gasteiger partial charge in [0.25, 0.3) is 5.09 Å². The van der Waals surface area contributed by atoms with Crippen molar-refractivity contribution in [2.24, 2.45) is 0 Å². The minimum absolute atomic E-state index is 0.325. The zero-order valence-corrected chi connectivity index (χ0v) is 15.4. The van der Waals surface area contributed by atoms with Crippen LogP contribution in [-0.4, -0.2) is 21.7 Å². The fourth-order valence-corrected chi connectivity index (χ4v) is 2.80. The third-order valence-electron chi connectivity index (χ3n) is 3.65. The van der Waals surface area contributed by atoms with Crippen molar-refractivity contribution in [2.75, 3.05) is 6.61 Å². The van der Waals surface area contributed by atoms with Gasteiger partial charge in [0.05, 0.1) is 12.4 Å². The zero-order valence-electron chi connectivity index (χ0n) is 13.9. The van der Waals surface area contributed by atoms with Crippen LogP contribution in [0.5, 0.6) is 0 Å². The van der Waals surface area contributed by atoms with Crippen LogP contribution in [0, 0.1) is 21.4 Å². The minimum Gasteiger partial charge on any atom is -0.351 e. The van der Waals surface area contributed by atoms with Crippen molar-refractivity contribution in [2.45, 2.75) is 5.41 Å². The lowest BCUT2D eigenvalue weighted by Gasteiger charge is -2.27. The number of hydrogen-bond acceptors (Lipinski definition) is 5. The lowest BCUT2D eigenvalue weighted by molar-refractivity contribution is -0.759. The average molecular weight is 405 g/mol. The Kier molecular flexibility index (Phi) is 7.17. The first kappa shape index (κ1) is 20.2. The van der Waals surface area contributed by atoms with E-state index < -0.39 is 17.1 Å². The molecule has 1 heterocycles. The van der Waals surface area contributed by atoms with Crippen molar-refractivity contribution < 1.29 is 9.92 Å². The average Bonchev–Trinajstić information content (AvgIpc) is 3.25. The molecule has 0 amide bonds.